The lowest BCUT2D eigenvalue weighted by Gasteiger charge is -2.59. The van der Waals surface area contributed by atoms with Gasteiger partial charge in [0.15, 0.2) is 5.11 Å². The number of piperidine rings is 2. The number of hydrogen-bond donors (Lipinski definition) is 3. The molecule has 6 heteroatoms. The smallest absolute Gasteiger partial charge is 0.257 e. The van der Waals surface area contributed by atoms with Crippen LogP contribution in [0.5, 0.6) is 0 Å². The number of benzene rings is 1. The second-order valence-electron chi connectivity index (χ2n) is 7.42. The average molecular weight is 362 g/mol. The molecule has 2 fully saturated rings. The largest absolute Gasteiger partial charge is 0.392 e. The Hall–Kier alpha value is -1.50. The zero-order chi connectivity index (χ0) is 18.1. The Morgan fingerprint density at radius 2 is 1.80 bits per heavy atom. The van der Waals surface area contributed by atoms with Gasteiger partial charge in [-0.3, -0.25) is 10.1 Å². The number of aliphatic hydroxyl groups is 1. The fourth-order valence-electron chi connectivity index (χ4n) is 4.35. The first-order chi connectivity index (χ1) is 12.0. The molecule has 2 unspecified atom stereocenters. The van der Waals surface area contributed by atoms with E-state index in [0.29, 0.717) is 23.8 Å². The third-order valence-electron chi connectivity index (χ3n) is 6.08. The van der Waals surface area contributed by atoms with Crippen molar-refractivity contribution in [2.24, 2.45) is 10.8 Å². The summed E-state index contributed by atoms with van der Waals surface area (Å²) in [6, 6.07) is 9.10. The number of carbonyl (C=O) groups is 1. The number of nitrogens with zero attached hydrogens (tertiary/aromatic N) is 1. The van der Waals surface area contributed by atoms with Crippen molar-refractivity contribution < 1.29 is 9.90 Å². The number of fused-ring (bicyclic) bond motifs is 2. The number of likely N-dealkylation sites (tertiary alicyclic amines) is 1. The van der Waals surface area contributed by atoms with Crippen molar-refractivity contribution in [2.75, 3.05) is 26.2 Å². The van der Waals surface area contributed by atoms with Crippen LogP contribution in [0.3, 0.4) is 0 Å². The van der Waals surface area contributed by atoms with E-state index in [2.05, 4.69) is 29.4 Å². The van der Waals surface area contributed by atoms with E-state index in [1.165, 1.54) is 0 Å². The lowest BCUT2D eigenvalue weighted by Crippen LogP contribution is -2.72. The predicted octanol–water partition coefficient (Wildman–Crippen LogP) is 1.77. The van der Waals surface area contributed by atoms with E-state index in [4.69, 9.17) is 12.2 Å². The molecule has 2 aliphatic heterocycles. The first-order valence-electron chi connectivity index (χ1n) is 9.00. The normalized spacial score (nSPS) is 31.5. The molecule has 25 heavy (non-hydrogen) atoms. The highest BCUT2D eigenvalue weighted by Gasteiger charge is 2.56. The van der Waals surface area contributed by atoms with Gasteiger partial charge in [0.25, 0.3) is 5.91 Å². The highest BCUT2D eigenvalue weighted by molar-refractivity contribution is 7.80. The van der Waals surface area contributed by atoms with Gasteiger partial charge in [-0.25, -0.2) is 0 Å². The van der Waals surface area contributed by atoms with Crippen LogP contribution < -0.4 is 10.6 Å². The van der Waals surface area contributed by atoms with E-state index >= 15 is 0 Å². The average Bonchev–Trinajstić information content (AvgIpc) is 2.63. The molecule has 2 saturated heterocycles. The van der Waals surface area contributed by atoms with Crippen LogP contribution in [0, 0.1) is 10.8 Å². The van der Waals surface area contributed by atoms with Crippen LogP contribution in [-0.2, 0) is 0 Å². The number of thiocarbonyl (C=S) groups is 1. The number of carbonyl (C=O) groups excluding carboxylic acids is 1. The molecule has 3 N–H and O–H groups in total. The summed E-state index contributed by atoms with van der Waals surface area (Å²) in [5.41, 5.74) is 0.140. The second-order valence-corrected chi connectivity index (χ2v) is 7.81. The van der Waals surface area contributed by atoms with Crippen molar-refractivity contribution in [1.82, 2.24) is 15.5 Å². The van der Waals surface area contributed by atoms with E-state index in [-0.39, 0.29) is 22.8 Å². The Balaban J connectivity index is 1.78. The molecule has 0 aromatic heterocycles. The third kappa shape index (κ3) is 3.18. The number of aliphatic hydroxyl groups excluding tert-OH is 1. The Kier molecular flexibility index (Phi) is 5.14. The highest BCUT2D eigenvalue weighted by Crippen LogP contribution is 2.47. The molecule has 2 bridgehead atoms. The molecule has 1 aromatic carbocycles. The first-order valence-corrected chi connectivity index (χ1v) is 9.41. The fraction of sp³-hybridized carbons (Fsp3) is 0.579. The summed E-state index contributed by atoms with van der Waals surface area (Å²) in [7, 11) is 0. The summed E-state index contributed by atoms with van der Waals surface area (Å²) in [5.74, 6) is -0.184. The van der Waals surface area contributed by atoms with E-state index in [9.17, 15) is 9.90 Å². The lowest BCUT2D eigenvalue weighted by atomic mass is 9.60. The van der Waals surface area contributed by atoms with E-state index in [1.807, 2.05) is 18.2 Å². The molecular formula is C19H27N3O2S. The summed E-state index contributed by atoms with van der Waals surface area (Å²) in [4.78, 5) is 14.5. The van der Waals surface area contributed by atoms with Crippen molar-refractivity contribution in [1.29, 1.82) is 0 Å². The first kappa shape index (κ1) is 18.3. The summed E-state index contributed by atoms with van der Waals surface area (Å²) < 4.78 is 0. The van der Waals surface area contributed by atoms with Crippen molar-refractivity contribution in [3.8, 4) is 0 Å². The molecule has 136 valence electrons. The fourth-order valence-corrected chi connectivity index (χ4v) is 4.57. The van der Waals surface area contributed by atoms with E-state index < -0.39 is 0 Å². The topological polar surface area (TPSA) is 64.6 Å². The highest BCUT2D eigenvalue weighted by atomic mass is 32.1. The Morgan fingerprint density at radius 3 is 2.32 bits per heavy atom. The summed E-state index contributed by atoms with van der Waals surface area (Å²) in [6.07, 6.45) is 1.39. The molecule has 2 aliphatic rings. The molecular weight excluding hydrogens is 334 g/mol. The monoisotopic (exact) mass is 361 g/mol. The van der Waals surface area contributed by atoms with Crippen LogP contribution in [0.2, 0.25) is 0 Å². The predicted molar refractivity (Wildman–Crippen MR) is 102 cm³/mol. The summed E-state index contributed by atoms with van der Waals surface area (Å²) in [6.45, 7) is 7.11. The molecule has 2 heterocycles. The minimum Gasteiger partial charge on any atom is -0.392 e. The van der Waals surface area contributed by atoms with Gasteiger partial charge in [0, 0.05) is 42.6 Å². The molecule has 1 amide bonds. The third-order valence-corrected chi connectivity index (χ3v) is 6.44. The van der Waals surface area contributed by atoms with Gasteiger partial charge in [0.2, 0.25) is 0 Å². The van der Waals surface area contributed by atoms with Gasteiger partial charge >= 0.3 is 0 Å². The Labute approximate surface area is 154 Å². The van der Waals surface area contributed by atoms with Crippen LogP contribution in [0.25, 0.3) is 0 Å². The van der Waals surface area contributed by atoms with Crippen molar-refractivity contribution in [3.63, 3.8) is 0 Å². The van der Waals surface area contributed by atoms with Crippen LogP contribution in [0.15, 0.2) is 30.3 Å². The van der Waals surface area contributed by atoms with Gasteiger partial charge in [-0.05, 0) is 37.2 Å². The van der Waals surface area contributed by atoms with Gasteiger partial charge in [-0.2, -0.15) is 0 Å². The van der Waals surface area contributed by atoms with Crippen LogP contribution in [-0.4, -0.2) is 53.3 Å². The maximum atomic E-state index is 12.4. The molecule has 2 atom stereocenters. The minimum atomic E-state index is -0.347. The van der Waals surface area contributed by atoms with Gasteiger partial charge < -0.3 is 15.3 Å². The van der Waals surface area contributed by atoms with Crippen molar-refractivity contribution in [3.05, 3.63) is 35.9 Å². The SMILES string of the molecule is CCC12CNCC(CC)(CN(C(=S)NC(=O)c3ccccc3)C1)C2O. The van der Waals surface area contributed by atoms with Crippen LogP contribution >= 0.6 is 12.2 Å². The van der Waals surface area contributed by atoms with Gasteiger partial charge in [-0.1, -0.05) is 32.0 Å². The Morgan fingerprint density at radius 1 is 1.24 bits per heavy atom. The summed E-state index contributed by atoms with van der Waals surface area (Å²) >= 11 is 5.55. The number of nitrogens with one attached hydrogen (secondary N) is 2. The molecule has 0 spiro atoms. The standard InChI is InChI=1S/C19H27N3O2S/c1-3-18-10-20-11-19(4-2,16(18)24)13-22(12-18)17(25)21-15(23)14-8-6-5-7-9-14/h5-9,16,20,24H,3-4,10-13H2,1-2H3,(H,21,23,25). The van der Waals surface area contributed by atoms with Crippen LogP contribution in [0.1, 0.15) is 37.0 Å². The lowest BCUT2D eigenvalue weighted by molar-refractivity contribution is -0.145. The Bertz CT molecular complexity index is 631. The molecule has 1 aromatic rings. The van der Waals surface area contributed by atoms with Gasteiger partial charge in [0.1, 0.15) is 0 Å². The van der Waals surface area contributed by atoms with E-state index in [0.717, 1.165) is 25.9 Å². The quantitative estimate of drug-likeness (QED) is 0.716. The molecule has 3 rings (SSSR count). The van der Waals surface area contributed by atoms with E-state index in [1.54, 1.807) is 12.1 Å². The summed E-state index contributed by atoms with van der Waals surface area (Å²) in [5, 5.41) is 17.9. The molecule has 0 aliphatic carbocycles. The number of rotatable bonds is 3. The molecule has 0 radical (unpaired) electrons. The molecule has 5 nitrogen and oxygen atoms in total. The minimum absolute atomic E-state index is 0.184. The van der Waals surface area contributed by atoms with Crippen molar-refractivity contribution >= 4 is 23.2 Å². The van der Waals surface area contributed by atoms with Crippen LogP contribution in [0.4, 0.5) is 0 Å². The maximum Gasteiger partial charge on any atom is 0.257 e. The molecule has 0 saturated carbocycles. The van der Waals surface area contributed by atoms with Gasteiger partial charge in [0.05, 0.1) is 6.10 Å². The van der Waals surface area contributed by atoms with Crippen molar-refractivity contribution in [2.45, 2.75) is 32.8 Å². The zero-order valence-electron chi connectivity index (χ0n) is 14.9. The zero-order valence-corrected chi connectivity index (χ0v) is 15.7. The second kappa shape index (κ2) is 7.02. The van der Waals surface area contributed by atoms with Gasteiger partial charge in [-0.15, -0.1) is 0 Å². The number of amides is 1. The maximum absolute atomic E-state index is 12.4. The number of hydrogen-bond acceptors (Lipinski definition) is 4.